The average Bonchev–Trinajstić information content (AvgIpc) is 2.56. The van der Waals surface area contributed by atoms with E-state index in [1.54, 1.807) is 7.11 Å². The Morgan fingerprint density at radius 2 is 2.20 bits per heavy atom. The Hall–Kier alpha value is -1.55. The SMILES string of the molecule is COc1cccc2sc(C(=O)O)c(C)c12. The molecule has 1 aromatic heterocycles. The summed E-state index contributed by atoms with van der Waals surface area (Å²) in [6.45, 7) is 1.81. The number of fused-ring (bicyclic) bond motifs is 1. The molecule has 0 amide bonds. The monoisotopic (exact) mass is 222 g/mol. The third kappa shape index (κ3) is 1.47. The number of carbonyl (C=O) groups is 1. The molecule has 1 N–H and O–H groups in total. The lowest BCUT2D eigenvalue weighted by Gasteiger charge is -2.01. The first-order valence-electron chi connectivity index (χ1n) is 4.44. The molecule has 0 bridgehead atoms. The second-order valence-corrected chi connectivity index (χ2v) is 4.25. The zero-order chi connectivity index (χ0) is 11.0. The van der Waals surface area contributed by atoms with E-state index in [4.69, 9.17) is 9.84 Å². The number of rotatable bonds is 2. The summed E-state index contributed by atoms with van der Waals surface area (Å²) >= 11 is 1.28. The first kappa shape index (κ1) is 9.98. The van der Waals surface area contributed by atoms with Crippen LogP contribution in [0.25, 0.3) is 10.1 Å². The second-order valence-electron chi connectivity index (χ2n) is 3.19. The number of methoxy groups -OCH3 is 1. The summed E-state index contributed by atoms with van der Waals surface area (Å²) in [6.07, 6.45) is 0. The molecule has 78 valence electrons. The van der Waals surface area contributed by atoms with Gasteiger partial charge in [-0.25, -0.2) is 4.79 Å². The minimum atomic E-state index is -0.879. The summed E-state index contributed by atoms with van der Waals surface area (Å²) in [4.78, 5) is 11.3. The Morgan fingerprint density at radius 3 is 2.80 bits per heavy atom. The van der Waals surface area contributed by atoms with Crippen LogP contribution in [0.2, 0.25) is 0 Å². The van der Waals surface area contributed by atoms with Crippen molar-refractivity contribution in [3.05, 3.63) is 28.6 Å². The summed E-state index contributed by atoms with van der Waals surface area (Å²) in [5.74, 6) is -0.149. The van der Waals surface area contributed by atoms with Crippen LogP contribution < -0.4 is 4.74 Å². The molecule has 0 radical (unpaired) electrons. The predicted molar refractivity (Wildman–Crippen MR) is 60.1 cm³/mol. The van der Waals surface area contributed by atoms with Gasteiger partial charge in [0.1, 0.15) is 10.6 Å². The highest BCUT2D eigenvalue weighted by molar-refractivity contribution is 7.21. The van der Waals surface area contributed by atoms with Crippen LogP contribution in [-0.4, -0.2) is 18.2 Å². The van der Waals surface area contributed by atoms with Gasteiger partial charge < -0.3 is 9.84 Å². The number of hydrogen-bond acceptors (Lipinski definition) is 3. The smallest absolute Gasteiger partial charge is 0.346 e. The number of carboxylic acid groups (broad SMARTS) is 1. The number of hydrogen-bond donors (Lipinski definition) is 1. The normalized spacial score (nSPS) is 10.5. The third-order valence-electron chi connectivity index (χ3n) is 2.33. The van der Waals surface area contributed by atoms with Crippen molar-refractivity contribution < 1.29 is 14.6 Å². The van der Waals surface area contributed by atoms with E-state index in [1.807, 2.05) is 25.1 Å². The van der Waals surface area contributed by atoms with Crippen LogP contribution in [0.15, 0.2) is 18.2 Å². The fourth-order valence-electron chi connectivity index (χ4n) is 1.64. The summed E-state index contributed by atoms with van der Waals surface area (Å²) < 4.78 is 6.16. The summed E-state index contributed by atoms with van der Waals surface area (Å²) in [5, 5.41) is 9.90. The number of thiophene rings is 1. The quantitative estimate of drug-likeness (QED) is 0.849. The molecule has 15 heavy (non-hydrogen) atoms. The van der Waals surface area contributed by atoms with Crippen molar-refractivity contribution in [3.63, 3.8) is 0 Å². The number of carboxylic acids is 1. The van der Waals surface area contributed by atoms with Crippen LogP contribution in [0, 0.1) is 6.92 Å². The second kappa shape index (κ2) is 3.55. The van der Waals surface area contributed by atoms with E-state index in [0.29, 0.717) is 4.88 Å². The number of aryl methyl sites for hydroxylation is 1. The Bertz CT molecular complexity index is 528. The maximum atomic E-state index is 11.0. The van der Waals surface area contributed by atoms with Gasteiger partial charge in [-0.05, 0) is 24.6 Å². The molecule has 1 heterocycles. The van der Waals surface area contributed by atoms with Crippen LogP contribution in [0.1, 0.15) is 15.2 Å². The molecule has 3 nitrogen and oxygen atoms in total. The molecule has 2 rings (SSSR count). The van der Waals surface area contributed by atoms with Crippen LogP contribution in [0.3, 0.4) is 0 Å². The van der Waals surface area contributed by atoms with E-state index in [0.717, 1.165) is 21.4 Å². The lowest BCUT2D eigenvalue weighted by atomic mass is 10.1. The van der Waals surface area contributed by atoms with E-state index in [2.05, 4.69) is 0 Å². The molecule has 4 heteroatoms. The van der Waals surface area contributed by atoms with Crippen molar-refractivity contribution >= 4 is 27.4 Å². The third-order valence-corrected chi connectivity index (χ3v) is 3.57. The number of ether oxygens (including phenoxy) is 1. The molecule has 0 aliphatic carbocycles. The van der Waals surface area contributed by atoms with Crippen molar-refractivity contribution in [2.24, 2.45) is 0 Å². The molecule has 1 aromatic carbocycles. The molecule has 0 aliphatic rings. The minimum Gasteiger partial charge on any atom is -0.496 e. The van der Waals surface area contributed by atoms with Gasteiger partial charge in [-0.2, -0.15) is 0 Å². The van der Waals surface area contributed by atoms with Gasteiger partial charge in [0.25, 0.3) is 0 Å². The van der Waals surface area contributed by atoms with Gasteiger partial charge >= 0.3 is 5.97 Å². The van der Waals surface area contributed by atoms with Crippen molar-refractivity contribution in [1.82, 2.24) is 0 Å². The van der Waals surface area contributed by atoms with Gasteiger partial charge in [0.05, 0.1) is 7.11 Å². The van der Waals surface area contributed by atoms with Crippen LogP contribution in [0.4, 0.5) is 0 Å². The average molecular weight is 222 g/mol. The molecule has 0 atom stereocenters. The van der Waals surface area contributed by atoms with E-state index in [1.165, 1.54) is 11.3 Å². The Balaban J connectivity index is 2.82. The highest BCUT2D eigenvalue weighted by Crippen LogP contribution is 2.36. The lowest BCUT2D eigenvalue weighted by molar-refractivity contribution is 0.0701. The minimum absolute atomic E-state index is 0.384. The molecule has 0 spiro atoms. The largest absolute Gasteiger partial charge is 0.496 e. The van der Waals surface area contributed by atoms with Gasteiger partial charge in [0, 0.05) is 10.1 Å². The fourth-order valence-corrected chi connectivity index (χ4v) is 2.70. The van der Waals surface area contributed by atoms with Crippen LogP contribution in [0.5, 0.6) is 5.75 Å². The zero-order valence-corrected chi connectivity index (χ0v) is 9.22. The maximum Gasteiger partial charge on any atom is 0.346 e. The molecular formula is C11H10O3S. The van der Waals surface area contributed by atoms with Crippen molar-refractivity contribution in [1.29, 1.82) is 0 Å². The predicted octanol–water partition coefficient (Wildman–Crippen LogP) is 2.92. The molecular weight excluding hydrogens is 212 g/mol. The molecule has 0 saturated heterocycles. The first-order valence-corrected chi connectivity index (χ1v) is 5.26. The summed E-state index contributed by atoms with van der Waals surface area (Å²) in [7, 11) is 1.59. The van der Waals surface area contributed by atoms with Gasteiger partial charge in [-0.3, -0.25) is 0 Å². The van der Waals surface area contributed by atoms with Gasteiger partial charge in [0.15, 0.2) is 0 Å². The van der Waals surface area contributed by atoms with Crippen LogP contribution in [-0.2, 0) is 0 Å². The van der Waals surface area contributed by atoms with Crippen molar-refractivity contribution in [2.75, 3.05) is 7.11 Å². The number of benzene rings is 1. The van der Waals surface area contributed by atoms with Crippen molar-refractivity contribution in [2.45, 2.75) is 6.92 Å². The van der Waals surface area contributed by atoms with E-state index in [-0.39, 0.29) is 0 Å². The van der Waals surface area contributed by atoms with E-state index < -0.39 is 5.97 Å². The molecule has 0 aliphatic heterocycles. The fraction of sp³-hybridized carbons (Fsp3) is 0.182. The zero-order valence-electron chi connectivity index (χ0n) is 8.40. The Kier molecular flexibility index (Phi) is 2.36. The Labute approximate surface area is 90.9 Å². The van der Waals surface area contributed by atoms with Gasteiger partial charge in [-0.15, -0.1) is 11.3 Å². The topological polar surface area (TPSA) is 46.5 Å². The molecule has 0 unspecified atom stereocenters. The summed E-state index contributed by atoms with van der Waals surface area (Å²) in [5.41, 5.74) is 0.778. The van der Waals surface area contributed by atoms with E-state index >= 15 is 0 Å². The Morgan fingerprint density at radius 1 is 1.47 bits per heavy atom. The molecule has 2 aromatic rings. The van der Waals surface area contributed by atoms with Crippen molar-refractivity contribution in [3.8, 4) is 5.75 Å². The number of aromatic carboxylic acids is 1. The van der Waals surface area contributed by atoms with E-state index in [9.17, 15) is 4.79 Å². The highest BCUT2D eigenvalue weighted by atomic mass is 32.1. The first-order chi connectivity index (χ1) is 7.15. The maximum absolute atomic E-state index is 11.0. The van der Waals surface area contributed by atoms with Gasteiger partial charge in [0.2, 0.25) is 0 Å². The lowest BCUT2D eigenvalue weighted by Crippen LogP contribution is -1.94. The highest BCUT2D eigenvalue weighted by Gasteiger charge is 2.16. The van der Waals surface area contributed by atoms with Crippen LogP contribution >= 0.6 is 11.3 Å². The molecule has 0 fully saturated rings. The van der Waals surface area contributed by atoms with Gasteiger partial charge in [-0.1, -0.05) is 6.07 Å². The standard InChI is InChI=1S/C11H10O3S/c1-6-9-7(14-2)4-3-5-8(9)15-10(6)11(12)13/h3-5H,1-2H3,(H,12,13). The molecule has 0 saturated carbocycles. The summed E-state index contributed by atoms with van der Waals surface area (Å²) in [6, 6.07) is 5.61.